The fourth-order valence-electron chi connectivity index (χ4n) is 1.25. The van der Waals surface area contributed by atoms with Gasteiger partial charge in [0, 0.05) is 26.4 Å². The molecular formula is C11H9NS3. The van der Waals surface area contributed by atoms with Crippen molar-refractivity contribution >= 4 is 34.4 Å². The van der Waals surface area contributed by atoms with Crippen LogP contribution in [-0.2, 0) is 6.42 Å². The van der Waals surface area contributed by atoms with Gasteiger partial charge in [-0.1, -0.05) is 6.92 Å². The highest BCUT2D eigenvalue weighted by Gasteiger charge is 2.05. The molecule has 2 aromatic heterocycles. The Hall–Kier alpha value is -0.760. The Morgan fingerprint density at radius 1 is 1.20 bits per heavy atom. The number of hydrogen-bond donors (Lipinski definition) is 0. The lowest BCUT2D eigenvalue weighted by Gasteiger charge is -1.88. The van der Waals surface area contributed by atoms with Crippen LogP contribution in [0.3, 0.4) is 0 Å². The van der Waals surface area contributed by atoms with Crippen molar-refractivity contribution < 1.29 is 0 Å². The molecule has 0 aliphatic carbocycles. The first-order valence-electron chi connectivity index (χ1n) is 4.58. The van der Waals surface area contributed by atoms with Gasteiger partial charge in [-0.05, 0) is 30.7 Å². The van der Waals surface area contributed by atoms with E-state index in [0.29, 0.717) is 0 Å². The number of rotatable bonds is 3. The lowest BCUT2D eigenvalue weighted by atomic mass is 10.3. The van der Waals surface area contributed by atoms with E-state index in [1.54, 1.807) is 11.3 Å². The second-order valence-corrected chi connectivity index (χ2v) is 6.27. The average Bonchev–Trinajstić information content (AvgIpc) is 2.85. The quantitative estimate of drug-likeness (QED) is 0.587. The minimum absolute atomic E-state index is 1.07. The Kier molecular flexibility index (Phi) is 3.47. The molecule has 2 heterocycles. The Balaban J connectivity index is 2.25. The smallest absolute Gasteiger partial charge is 0.139 e. The number of nitriles is 1. The first-order valence-corrected chi connectivity index (χ1v) is 7.03. The van der Waals surface area contributed by atoms with Crippen LogP contribution in [0.25, 0.3) is 9.75 Å². The Bertz CT molecular complexity index is 490. The molecule has 4 heteroatoms. The van der Waals surface area contributed by atoms with Gasteiger partial charge in [0.25, 0.3) is 0 Å². The van der Waals surface area contributed by atoms with E-state index in [4.69, 9.17) is 5.26 Å². The van der Waals surface area contributed by atoms with E-state index in [1.807, 2.05) is 17.4 Å². The van der Waals surface area contributed by atoms with Crippen molar-refractivity contribution in [3.05, 3.63) is 29.1 Å². The molecule has 0 saturated carbocycles. The summed E-state index contributed by atoms with van der Waals surface area (Å²) < 4.78 is 1.07. The van der Waals surface area contributed by atoms with Crippen molar-refractivity contribution in [2.45, 2.75) is 17.6 Å². The molecule has 2 aromatic rings. The normalized spacial score (nSPS) is 10.1. The number of nitrogens with zero attached hydrogens (tertiary/aromatic N) is 1. The van der Waals surface area contributed by atoms with E-state index in [0.717, 1.165) is 10.6 Å². The zero-order chi connectivity index (χ0) is 10.7. The summed E-state index contributed by atoms with van der Waals surface area (Å²) in [5.41, 5.74) is 0. The molecule has 0 aromatic carbocycles. The van der Waals surface area contributed by atoms with Crippen LogP contribution in [0.1, 0.15) is 11.8 Å². The first kappa shape index (κ1) is 10.7. The molecule has 0 bridgehead atoms. The zero-order valence-electron chi connectivity index (χ0n) is 8.19. The second kappa shape index (κ2) is 4.84. The third-order valence-electron chi connectivity index (χ3n) is 1.98. The van der Waals surface area contributed by atoms with Gasteiger partial charge in [-0.25, -0.2) is 0 Å². The molecular weight excluding hydrogens is 242 g/mol. The van der Waals surface area contributed by atoms with Crippen LogP contribution < -0.4 is 0 Å². The minimum atomic E-state index is 1.07. The standard InChI is InChI=1S/C11H9NS3/c1-2-8-3-4-9(14-8)10-5-6-11(15-10)13-7-12/h3-6H,2H2,1H3. The van der Waals surface area contributed by atoms with Crippen molar-refractivity contribution in [2.24, 2.45) is 0 Å². The molecule has 0 aliphatic heterocycles. The number of aryl methyl sites for hydroxylation is 1. The fourth-order valence-corrected chi connectivity index (χ4v) is 3.80. The third-order valence-corrected chi connectivity index (χ3v) is 5.21. The molecule has 0 fully saturated rings. The topological polar surface area (TPSA) is 23.8 Å². The van der Waals surface area contributed by atoms with Gasteiger partial charge in [-0.2, -0.15) is 5.26 Å². The highest BCUT2D eigenvalue weighted by Crippen LogP contribution is 2.36. The van der Waals surface area contributed by atoms with Gasteiger partial charge in [0.1, 0.15) is 5.40 Å². The highest BCUT2D eigenvalue weighted by molar-refractivity contribution is 8.05. The molecule has 0 amide bonds. The van der Waals surface area contributed by atoms with Crippen molar-refractivity contribution in [2.75, 3.05) is 0 Å². The Morgan fingerprint density at radius 3 is 2.60 bits per heavy atom. The van der Waals surface area contributed by atoms with Crippen LogP contribution >= 0.6 is 34.4 Å². The molecule has 0 saturated heterocycles. The van der Waals surface area contributed by atoms with Crippen LogP contribution in [0.5, 0.6) is 0 Å². The maximum absolute atomic E-state index is 8.56. The lowest BCUT2D eigenvalue weighted by Crippen LogP contribution is -1.63. The van der Waals surface area contributed by atoms with Gasteiger partial charge < -0.3 is 0 Å². The molecule has 0 spiro atoms. The van der Waals surface area contributed by atoms with Crippen molar-refractivity contribution in [3.8, 4) is 15.2 Å². The maximum atomic E-state index is 8.56. The van der Waals surface area contributed by atoms with Crippen LogP contribution in [-0.4, -0.2) is 0 Å². The number of hydrogen-bond acceptors (Lipinski definition) is 4. The summed E-state index contributed by atoms with van der Waals surface area (Å²) >= 11 is 4.75. The van der Waals surface area contributed by atoms with E-state index in [-0.39, 0.29) is 0 Å². The molecule has 2 rings (SSSR count). The fraction of sp³-hybridized carbons (Fsp3) is 0.182. The van der Waals surface area contributed by atoms with Crippen molar-refractivity contribution in [3.63, 3.8) is 0 Å². The molecule has 15 heavy (non-hydrogen) atoms. The average molecular weight is 251 g/mol. The van der Waals surface area contributed by atoms with E-state index in [1.165, 1.54) is 26.4 Å². The van der Waals surface area contributed by atoms with Crippen LogP contribution in [0.15, 0.2) is 28.5 Å². The van der Waals surface area contributed by atoms with Gasteiger partial charge in [0.05, 0.1) is 4.21 Å². The van der Waals surface area contributed by atoms with Gasteiger partial charge in [0.15, 0.2) is 0 Å². The summed E-state index contributed by atoms with van der Waals surface area (Å²) in [7, 11) is 0. The second-order valence-electron chi connectivity index (χ2n) is 2.93. The monoisotopic (exact) mass is 251 g/mol. The largest absolute Gasteiger partial charge is 0.185 e. The molecule has 0 radical (unpaired) electrons. The molecule has 0 unspecified atom stereocenters. The number of thioether (sulfide) groups is 1. The summed E-state index contributed by atoms with van der Waals surface area (Å²) in [5.74, 6) is 0. The predicted octanol–water partition coefficient (Wildman–Crippen LogP) is 4.61. The van der Waals surface area contributed by atoms with E-state index >= 15 is 0 Å². The van der Waals surface area contributed by atoms with Crippen LogP contribution in [0, 0.1) is 10.7 Å². The lowest BCUT2D eigenvalue weighted by molar-refractivity contribution is 1.19. The predicted molar refractivity (Wildman–Crippen MR) is 68.5 cm³/mol. The van der Waals surface area contributed by atoms with E-state index in [9.17, 15) is 0 Å². The summed E-state index contributed by atoms with van der Waals surface area (Å²) in [6.07, 6.45) is 1.09. The Morgan fingerprint density at radius 2 is 1.93 bits per heavy atom. The number of thiocyanates is 1. The first-order chi connectivity index (χ1) is 7.33. The van der Waals surface area contributed by atoms with Crippen molar-refractivity contribution in [1.82, 2.24) is 0 Å². The van der Waals surface area contributed by atoms with Crippen molar-refractivity contribution in [1.29, 1.82) is 5.26 Å². The summed E-state index contributed by atoms with van der Waals surface area (Å²) in [4.78, 5) is 3.98. The SMILES string of the molecule is CCc1ccc(-c2ccc(SC#N)s2)s1. The zero-order valence-corrected chi connectivity index (χ0v) is 10.6. The molecule has 0 atom stereocenters. The van der Waals surface area contributed by atoms with Crippen LogP contribution in [0.4, 0.5) is 0 Å². The molecule has 0 aliphatic rings. The summed E-state index contributed by atoms with van der Waals surface area (Å²) in [6, 6.07) is 8.45. The molecule has 0 N–H and O–H groups in total. The summed E-state index contributed by atoms with van der Waals surface area (Å²) in [5, 5.41) is 10.7. The molecule has 1 nitrogen and oxygen atoms in total. The van der Waals surface area contributed by atoms with Gasteiger partial charge >= 0.3 is 0 Å². The Labute approximate surface area is 101 Å². The minimum Gasteiger partial charge on any atom is -0.185 e. The van der Waals surface area contributed by atoms with E-state index in [2.05, 4.69) is 30.5 Å². The third kappa shape index (κ3) is 2.43. The van der Waals surface area contributed by atoms with Gasteiger partial charge in [-0.3, -0.25) is 0 Å². The maximum Gasteiger partial charge on any atom is 0.139 e. The van der Waals surface area contributed by atoms with Crippen LogP contribution in [0.2, 0.25) is 0 Å². The highest BCUT2D eigenvalue weighted by atomic mass is 32.2. The molecule has 76 valence electrons. The van der Waals surface area contributed by atoms with Gasteiger partial charge in [0.2, 0.25) is 0 Å². The summed E-state index contributed by atoms with van der Waals surface area (Å²) in [6.45, 7) is 2.17. The van der Waals surface area contributed by atoms with Gasteiger partial charge in [-0.15, -0.1) is 22.7 Å². The van der Waals surface area contributed by atoms with E-state index < -0.39 is 0 Å². The number of thiophene rings is 2.